The predicted molar refractivity (Wildman–Crippen MR) is 490 cm³/mol. The Kier molecular flexibility index (Phi) is 47.3. The van der Waals surface area contributed by atoms with Gasteiger partial charge in [0.25, 0.3) is 6.48 Å². The van der Waals surface area contributed by atoms with E-state index in [1.807, 2.05) is 123 Å². The first-order chi connectivity index (χ1) is 56.9. The Morgan fingerprint density at radius 3 is 1.54 bits per heavy atom. The van der Waals surface area contributed by atoms with E-state index in [1.165, 1.54) is 53.1 Å². The van der Waals surface area contributed by atoms with E-state index < -0.39 is 49.4 Å². The quantitative estimate of drug-likeness (QED) is 0.00776. The van der Waals surface area contributed by atoms with Gasteiger partial charge in [0.05, 0.1) is 43.4 Å². The van der Waals surface area contributed by atoms with Crippen LogP contribution in [0.5, 0.6) is 0 Å². The molecule has 0 amide bonds. The maximum atomic E-state index is 12.2. The van der Waals surface area contributed by atoms with Gasteiger partial charge in [-0.1, -0.05) is 36.9 Å². The Bertz CT molecular complexity index is 6160. The maximum absolute atomic E-state index is 12.2. The molecule has 16 heterocycles. The number of aromatic nitrogens is 16. The standard InChI is InChI=1S/C16H17N3O3S.C13H12BrN3O2S.C11H8BrN3OS.C11H6BrN3OS.C6H3BrN2OS.C5H3BrN2S.C5H2I.C4H10O7S.CH4.B.Mg.Mn.H3N.2O.H2.H/c1-4-12(20)13-9-19-10-18-14(15(19)23-13)16(21-2,22-3)11-6-5-7-17-8-11;1-18-13(19-2,9-4-3-5-15-6-9)11-12-17(8-16-11)7-10(14)20-12;2*12-8-5-15-6-14-9(11(15)17-8)10(16)7-2-1-3-13-4-7;7-5-1-9-3-8-4(2-10)6(9)11-5;6-4-2-8-3-7-1-5(8)9-4;1-2-3-4-5-6;1-7-4(8-2)10-12(5,6)11-9-3;;;;;;;;;/h5-10H,4H2,1-3H3;3-8H,1-2H3;1-6,10,16H;1-6H;1-3H;1-3H;1,5H;4H,1-3H3;1H4;;;;1H3;;;1H;/q;;;;;;-1;;;;+2;;;;;;-1. The number of thiazole rings is 6. The van der Waals surface area contributed by atoms with E-state index in [4.69, 9.17) is 33.0 Å². The number of Topliss-reactive ketones (excluding diaryl/α,β-unsaturated/α-hetero) is 1. The molecule has 0 spiro atoms. The van der Waals surface area contributed by atoms with Gasteiger partial charge in [-0.05, 0) is 110 Å². The summed E-state index contributed by atoms with van der Waals surface area (Å²) in [5.41, 5.74) is 5.79. The number of hydrogen-bond donors (Lipinski definition) is 2. The van der Waals surface area contributed by atoms with Crippen molar-refractivity contribution in [2.45, 2.75) is 44.9 Å². The number of methoxy groups -OCH3 is 6. The van der Waals surface area contributed by atoms with E-state index >= 15 is 0 Å². The van der Waals surface area contributed by atoms with Crippen LogP contribution in [0.4, 0.5) is 0 Å². The van der Waals surface area contributed by atoms with Crippen molar-refractivity contribution < 1.29 is 95.1 Å². The SMILES string of the molecule is Brc1cn2cncc2s1.C.C#CC#C[CH-]I.CCC(=O)c1cn2cnc(C(OC)(OC)c3cccnc3)c2s1.COC(OC)(c1cccnc1)c1ncn2cc(Br)sc12.COOS(=O)(=O)OC(OC)OC.N.O=C(c1cccnc1)c1ncn2cc(Br)sc12.O=Cc1ncn2cc(Br)sc12.OC(c1cccnc1)c1ncn2cc(Br)sc12.[B].[H-].[HH].[Mg+2].[O]=[Mn]=[O]. The second kappa shape index (κ2) is 53.6. The fraction of sp³-hybridized carbons (Fsp3) is 0.194. The molecule has 122 heavy (non-hydrogen) atoms. The average molecular weight is 2290 g/mol. The summed E-state index contributed by atoms with van der Waals surface area (Å²) in [6.07, 6.45) is 42.0. The first kappa shape index (κ1) is 108. The number of halogens is 6. The minimum absolute atomic E-state index is 0. The van der Waals surface area contributed by atoms with Gasteiger partial charge in [-0.25, -0.2) is 40.7 Å². The van der Waals surface area contributed by atoms with Crippen LogP contribution in [-0.2, 0) is 86.3 Å². The predicted octanol–water partition coefficient (Wildman–Crippen LogP) is 16.2. The van der Waals surface area contributed by atoms with Crippen LogP contribution in [0, 0.1) is 28.6 Å². The third kappa shape index (κ3) is 28.4. The number of aliphatic hydroxyl groups is 1. The summed E-state index contributed by atoms with van der Waals surface area (Å²) in [5.74, 6) is 4.93. The Hall–Kier alpha value is -6.79. The van der Waals surface area contributed by atoms with Gasteiger partial charge in [-0.3, -0.25) is 66.6 Å². The molecule has 0 aliphatic carbocycles. The number of ether oxygens (including phenoxy) is 6. The summed E-state index contributed by atoms with van der Waals surface area (Å²) < 4.78 is 95.7. The molecule has 0 aliphatic heterocycles. The Morgan fingerprint density at radius 1 is 0.623 bits per heavy atom. The number of imidazole rings is 6. The molecule has 642 valence electrons. The number of aliphatic hydroxyl groups excluding tert-OH is 1. The number of rotatable bonds is 21. The van der Waals surface area contributed by atoms with Crippen molar-refractivity contribution in [2.75, 3.05) is 49.8 Å². The van der Waals surface area contributed by atoms with Crippen LogP contribution in [0.25, 0.3) is 29.0 Å². The molecule has 3 radical (unpaired) electrons. The molecular weight excluding hydrogens is 2220 g/mol. The van der Waals surface area contributed by atoms with Crippen LogP contribution in [0.1, 0.15) is 99.7 Å². The summed E-state index contributed by atoms with van der Waals surface area (Å²) in [6.45, 7) is 0.506. The number of hydrogen-bond acceptors (Lipinski definition) is 34. The molecule has 50 heteroatoms. The average Bonchev–Trinajstić information content (AvgIpc) is 1.59. The van der Waals surface area contributed by atoms with E-state index in [1.54, 1.807) is 179 Å². The zero-order chi connectivity index (χ0) is 85.5. The molecule has 0 aromatic carbocycles. The minimum atomic E-state index is -4.23. The van der Waals surface area contributed by atoms with Gasteiger partial charge in [0.1, 0.15) is 95.2 Å². The summed E-state index contributed by atoms with van der Waals surface area (Å²) >= 11 is 26.7. The van der Waals surface area contributed by atoms with Crippen LogP contribution in [0.15, 0.2) is 198 Å². The summed E-state index contributed by atoms with van der Waals surface area (Å²) in [5, 5.41) is 10.3. The number of aldehydes is 1. The van der Waals surface area contributed by atoms with Crippen molar-refractivity contribution in [2.24, 2.45) is 0 Å². The molecule has 1 atom stereocenters. The van der Waals surface area contributed by atoms with Crippen LogP contribution in [0.2, 0.25) is 0 Å². The van der Waals surface area contributed by atoms with E-state index in [-0.39, 0.29) is 59.5 Å². The van der Waals surface area contributed by atoms with Gasteiger partial charge in [0, 0.05) is 168 Å². The van der Waals surface area contributed by atoms with Gasteiger partial charge in [0.2, 0.25) is 17.4 Å². The number of fused-ring (bicyclic) bond motifs is 6. The molecule has 34 nitrogen and oxygen atoms in total. The molecule has 0 aliphatic rings. The number of carbonyl (C=O) groups excluding carboxylic acids is 3. The summed E-state index contributed by atoms with van der Waals surface area (Å²) in [4.78, 5) is 86.1. The van der Waals surface area contributed by atoms with Crippen LogP contribution >= 0.6 is 170 Å². The topological polar surface area (TPSA) is 413 Å². The Morgan fingerprint density at radius 2 is 1.07 bits per heavy atom. The van der Waals surface area contributed by atoms with Gasteiger partial charge < -0.3 is 41.1 Å². The fourth-order valence-corrected chi connectivity index (χ4v) is 19.2. The second-order valence-corrected chi connectivity index (χ2v) is 36.9. The van der Waals surface area contributed by atoms with E-state index in [9.17, 15) is 27.9 Å². The Balaban J connectivity index is 0.000000485. The van der Waals surface area contributed by atoms with Crippen molar-refractivity contribution in [1.29, 1.82) is 0 Å². The van der Waals surface area contributed by atoms with Crippen LogP contribution in [0.3, 0.4) is 0 Å². The van der Waals surface area contributed by atoms with Crippen molar-refractivity contribution in [3.05, 3.63) is 258 Å². The van der Waals surface area contributed by atoms with E-state index in [2.05, 4.69) is 170 Å². The number of nitrogens with zero attached hydrogens (tertiary/aromatic N) is 16. The third-order valence-corrected chi connectivity index (χ3v) is 25.0. The molecule has 4 N–H and O–H groups in total. The van der Waals surface area contributed by atoms with Crippen molar-refractivity contribution in [1.82, 2.24) is 82.4 Å². The number of carbonyl (C=O) groups is 3. The van der Waals surface area contributed by atoms with Crippen molar-refractivity contribution in [3.63, 3.8) is 0 Å². The first-order valence-electron chi connectivity index (χ1n) is 32.5. The molecule has 0 saturated carbocycles. The van der Waals surface area contributed by atoms with Gasteiger partial charge >= 0.3 is 55.9 Å². The van der Waals surface area contributed by atoms with Gasteiger partial charge in [0.15, 0.2) is 12.1 Å². The summed E-state index contributed by atoms with van der Waals surface area (Å²) in [6, 6.07) is 14.6. The second-order valence-electron chi connectivity index (χ2n) is 21.8. The van der Waals surface area contributed by atoms with Crippen LogP contribution < -0.4 is 6.15 Å². The zero-order valence-electron chi connectivity index (χ0n) is 65.0. The molecule has 0 fully saturated rings. The van der Waals surface area contributed by atoms with E-state index in [0.29, 0.717) is 45.3 Å². The van der Waals surface area contributed by atoms with Crippen LogP contribution in [-0.4, -0.2) is 195 Å². The van der Waals surface area contributed by atoms with Gasteiger partial charge in [-0.2, -0.15) is 35.2 Å². The number of pyridine rings is 4. The van der Waals surface area contributed by atoms with Gasteiger partial charge in [-0.15, -0.1) is 84.8 Å². The Labute approximate surface area is 804 Å². The molecule has 16 aromatic rings. The molecule has 1 unspecified atom stereocenters. The van der Waals surface area contributed by atoms with Crippen molar-refractivity contribution in [3.8, 4) is 24.2 Å². The zero-order valence-corrected chi connectivity index (χ0v) is 82.4. The first-order valence-corrected chi connectivity index (χ1v) is 44.9. The molecule has 16 aromatic heterocycles. The third-order valence-electron chi connectivity index (χ3n) is 15.0. The number of ketones is 2. The summed E-state index contributed by atoms with van der Waals surface area (Å²) in [7, 11) is 5.53. The monoisotopic (exact) mass is 2280 g/mol. The molecule has 0 bridgehead atoms. The molecule has 16 rings (SSSR count). The van der Waals surface area contributed by atoms with E-state index in [0.717, 1.165) is 73.2 Å². The fourth-order valence-electron chi connectivity index (χ4n) is 9.98. The normalized spacial score (nSPS) is 10.8. The van der Waals surface area contributed by atoms with Crippen molar-refractivity contribution >= 4 is 259 Å². The molecule has 0 saturated heterocycles. The number of terminal acetylenes is 1. The molecular formula is C72H71BBr5IMgMnN17O17S7.